The molecule has 0 aliphatic rings. The second-order valence-corrected chi connectivity index (χ2v) is 7.94. The highest BCUT2D eigenvalue weighted by atomic mass is 16.2. The first kappa shape index (κ1) is 19.2. The fourth-order valence-electron chi connectivity index (χ4n) is 4.12. The molecule has 3 aromatic heterocycles. The van der Waals surface area contributed by atoms with Crippen LogP contribution in [0.5, 0.6) is 0 Å². The van der Waals surface area contributed by atoms with Crippen LogP contribution in [0, 0.1) is 20.8 Å². The highest BCUT2D eigenvalue weighted by molar-refractivity contribution is 5.76. The van der Waals surface area contributed by atoms with Crippen LogP contribution < -0.4 is 11.2 Å². The summed E-state index contributed by atoms with van der Waals surface area (Å²) >= 11 is 0. The van der Waals surface area contributed by atoms with Crippen molar-refractivity contribution in [3.8, 4) is 0 Å². The quantitative estimate of drug-likeness (QED) is 0.535. The zero-order chi connectivity index (χ0) is 21.0. The highest BCUT2D eigenvalue weighted by Crippen LogP contribution is 2.25. The summed E-state index contributed by atoms with van der Waals surface area (Å²) in [7, 11) is 1.68. The van der Waals surface area contributed by atoms with Gasteiger partial charge in [0.15, 0.2) is 11.2 Å². The molecule has 0 fully saturated rings. The molecular weight excluding hydrogens is 366 g/mol. The van der Waals surface area contributed by atoms with Gasteiger partial charge in [-0.25, -0.2) is 4.79 Å². The SMILES string of the molecule is CC[C@@H](C)n1c(C)c(C)n2c3c(=O)n(Cc4cccc(C)c4)c(=O)n(C)c3nc12. The molecule has 0 bridgehead atoms. The second kappa shape index (κ2) is 6.76. The van der Waals surface area contributed by atoms with Gasteiger partial charge in [0.05, 0.1) is 6.54 Å². The molecule has 0 radical (unpaired) electrons. The largest absolute Gasteiger partial charge is 0.332 e. The molecule has 29 heavy (non-hydrogen) atoms. The molecule has 152 valence electrons. The first-order valence-corrected chi connectivity index (χ1v) is 10.0. The van der Waals surface area contributed by atoms with Crippen LogP contribution in [-0.2, 0) is 13.6 Å². The smallest absolute Gasteiger partial charge is 0.311 e. The van der Waals surface area contributed by atoms with Crippen molar-refractivity contribution >= 4 is 16.9 Å². The van der Waals surface area contributed by atoms with Crippen LogP contribution in [0.25, 0.3) is 16.9 Å². The lowest BCUT2D eigenvalue weighted by atomic mass is 10.1. The molecule has 0 amide bonds. The number of aryl methyl sites for hydroxylation is 3. The Morgan fingerprint density at radius 1 is 1.10 bits per heavy atom. The van der Waals surface area contributed by atoms with Crippen molar-refractivity contribution in [2.45, 2.75) is 53.6 Å². The van der Waals surface area contributed by atoms with Gasteiger partial charge in [-0.15, -0.1) is 0 Å². The van der Waals surface area contributed by atoms with Crippen molar-refractivity contribution in [2.24, 2.45) is 7.05 Å². The van der Waals surface area contributed by atoms with Gasteiger partial charge in [-0.05, 0) is 39.7 Å². The normalized spacial score (nSPS) is 12.9. The van der Waals surface area contributed by atoms with Gasteiger partial charge in [-0.2, -0.15) is 4.98 Å². The first-order chi connectivity index (χ1) is 13.8. The first-order valence-electron chi connectivity index (χ1n) is 10.0. The van der Waals surface area contributed by atoms with Gasteiger partial charge < -0.3 is 4.57 Å². The van der Waals surface area contributed by atoms with E-state index in [4.69, 9.17) is 4.98 Å². The van der Waals surface area contributed by atoms with E-state index in [1.54, 1.807) is 7.05 Å². The van der Waals surface area contributed by atoms with E-state index >= 15 is 0 Å². The van der Waals surface area contributed by atoms with Gasteiger partial charge in [-0.1, -0.05) is 36.8 Å². The van der Waals surface area contributed by atoms with E-state index in [1.807, 2.05) is 42.5 Å². The van der Waals surface area contributed by atoms with Crippen LogP contribution in [0.2, 0.25) is 0 Å². The predicted molar refractivity (Wildman–Crippen MR) is 115 cm³/mol. The minimum atomic E-state index is -0.353. The van der Waals surface area contributed by atoms with Gasteiger partial charge in [0.2, 0.25) is 5.78 Å². The molecule has 1 atom stereocenters. The van der Waals surface area contributed by atoms with Crippen molar-refractivity contribution < 1.29 is 0 Å². The Hall–Kier alpha value is -3.09. The third-order valence-corrected chi connectivity index (χ3v) is 6.02. The fourth-order valence-corrected chi connectivity index (χ4v) is 4.12. The van der Waals surface area contributed by atoms with E-state index in [2.05, 4.69) is 25.3 Å². The Morgan fingerprint density at radius 2 is 1.83 bits per heavy atom. The summed E-state index contributed by atoms with van der Waals surface area (Å²) in [6.07, 6.45) is 0.949. The van der Waals surface area contributed by atoms with Crippen LogP contribution >= 0.6 is 0 Å². The van der Waals surface area contributed by atoms with Crippen molar-refractivity contribution in [2.75, 3.05) is 0 Å². The van der Waals surface area contributed by atoms with E-state index in [-0.39, 0.29) is 23.8 Å². The lowest BCUT2D eigenvalue weighted by molar-refractivity contribution is 0.532. The molecule has 7 heteroatoms. The van der Waals surface area contributed by atoms with Crippen LogP contribution in [0.4, 0.5) is 0 Å². The third kappa shape index (κ3) is 2.75. The number of benzene rings is 1. The molecule has 0 saturated carbocycles. The average molecular weight is 393 g/mol. The van der Waals surface area contributed by atoms with Crippen LogP contribution in [0.3, 0.4) is 0 Å². The minimum Gasteiger partial charge on any atom is -0.311 e. The summed E-state index contributed by atoms with van der Waals surface area (Å²) < 4.78 is 6.85. The Morgan fingerprint density at radius 3 is 2.48 bits per heavy atom. The molecule has 0 aliphatic carbocycles. The van der Waals surface area contributed by atoms with Crippen LogP contribution in [0.15, 0.2) is 33.9 Å². The zero-order valence-electron chi connectivity index (χ0n) is 17.9. The number of fused-ring (bicyclic) bond motifs is 3. The van der Waals surface area contributed by atoms with Gasteiger partial charge in [0.25, 0.3) is 5.56 Å². The average Bonchev–Trinajstić information content (AvgIpc) is 3.19. The van der Waals surface area contributed by atoms with Crippen LogP contribution in [0.1, 0.15) is 48.8 Å². The fraction of sp³-hybridized carbons (Fsp3) is 0.409. The number of imidazole rings is 2. The number of rotatable bonds is 4. The molecule has 0 spiro atoms. The molecule has 0 saturated heterocycles. The Bertz CT molecular complexity index is 1370. The summed E-state index contributed by atoms with van der Waals surface area (Å²) in [6.45, 7) is 10.6. The third-order valence-electron chi connectivity index (χ3n) is 6.02. The van der Waals surface area contributed by atoms with Gasteiger partial charge >= 0.3 is 5.69 Å². The van der Waals surface area contributed by atoms with Gasteiger partial charge in [-0.3, -0.25) is 18.3 Å². The maximum absolute atomic E-state index is 13.5. The number of hydrogen-bond acceptors (Lipinski definition) is 3. The van der Waals surface area contributed by atoms with Crippen molar-refractivity contribution in [1.29, 1.82) is 0 Å². The molecule has 7 nitrogen and oxygen atoms in total. The monoisotopic (exact) mass is 393 g/mol. The van der Waals surface area contributed by atoms with Gasteiger partial charge in [0.1, 0.15) is 0 Å². The summed E-state index contributed by atoms with van der Waals surface area (Å²) in [5.41, 5.74) is 4.30. The van der Waals surface area contributed by atoms with Crippen molar-refractivity contribution in [3.63, 3.8) is 0 Å². The van der Waals surface area contributed by atoms with E-state index in [9.17, 15) is 9.59 Å². The molecule has 3 heterocycles. The van der Waals surface area contributed by atoms with E-state index < -0.39 is 0 Å². The molecular formula is C22H27N5O2. The molecule has 4 aromatic rings. The van der Waals surface area contributed by atoms with E-state index in [1.165, 1.54) is 9.13 Å². The lowest BCUT2D eigenvalue weighted by Gasteiger charge is -2.13. The summed E-state index contributed by atoms with van der Waals surface area (Å²) in [4.78, 5) is 31.2. The lowest BCUT2D eigenvalue weighted by Crippen LogP contribution is -2.39. The summed E-state index contributed by atoms with van der Waals surface area (Å²) in [5, 5.41) is 0. The molecule has 4 rings (SSSR count). The van der Waals surface area contributed by atoms with E-state index in [0.717, 1.165) is 28.9 Å². The van der Waals surface area contributed by atoms with Gasteiger partial charge in [0, 0.05) is 24.5 Å². The Labute approximate surface area is 168 Å². The predicted octanol–water partition coefficient (Wildman–Crippen LogP) is 3.09. The number of hydrogen-bond donors (Lipinski definition) is 0. The second-order valence-electron chi connectivity index (χ2n) is 7.94. The van der Waals surface area contributed by atoms with E-state index in [0.29, 0.717) is 16.9 Å². The Kier molecular flexibility index (Phi) is 4.48. The maximum Gasteiger partial charge on any atom is 0.332 e. The zero-order valence-corrected chi connectivity index (χ0v) is 17.9. The maximum atomic E-state index is 13.5. The molecule has 0 aliphatic heterocycles. The summed E-state index contributed by atoms with van der Waals surface area (Å²) in [5.74, 6) is 0.713. The number of nitrogens with zero attached hydrogens (tertiary/aromatic N) is 5. The number of aromatic nitrogens is 5. The molecule has 0 unspecified atom stereocenters. The topological polar surface area (TPSA) is 66.2 Å². The Balaban J connectivity index is 2.07. The molecule has 0 N–H and O–H groups in total. The highest BCUT2D eigenvalue weighted by Gasteiger charge is 2.24. The van der Waals surface area contributed by atoms with Crippen molar-refractivity contribution in [3.05, 3.63) is 67.6 Å². The summed E-state index contributed by atoms with van der Waals surface area (Å²) in [6, 6.07) is 8.11. The molecule has 1 aromatic carbocycles. The standard InChI is InChI=1S/C22H27N5O2/c1-7-14(3)26-15(4)16(5)27-18-19(23-21(26)27)24(6)22(29)25(20(18)28)12-17-10-8-9-13(2)11-17/h8-11,14H,7,12H2,1-6H3/t14-/m1/s1. The van der Waals surface area contributed by atoms with Crippen molar-refractivity contribution in [1.82, 2.24) is 23.1 Å². The van der Waals surface area contributed by atoms with Crippen LogP contribution in [-0.4, -0.2) is 23.1 Å². The minimum absolute atomic E-state index is 0.237.